The number of rotatable bonds is 2. The molecule has 0 aliphatic carbocycles. The van der Waals surface area contributed by atoms with Crippen molar-refractivity contribution < 1.29 is 4.42 Å². The van der Waals surface area contributed by atoms with E-state index < -0.39 is 0 Å². The highest BCUT2D eigenvalue weighted by Crippen LogP contribution is 2.21. The summed E-state index contributed by atoms with van der Waals surface area (Å²) in [6.07, 6.45) is 1.42. The fourth-order valence-electron chi connectivity index (χ4n) is 1.24. The van der Waals surface area contributed by atoms with Crippen LogP contribution in [0.1, 0.15) is 0 Å². The molecule has 0 spiro atoms. The van der Waals surface area contributed by atoms with E-state index in [1.807, 2.05) is 18.2 Å². The first-order valence-electron chi connectivity index (χ1n) is 4.17. The third-order valence-electron chi connectivity index (χ3n) is 1.88. The summed E-state index contributed by atoms with van der Waals surface area (Å²) in [7, 11) is 0. The molecular formula is C8H5N5OS. The van der Waals surface area contributed by atoms with Crippen LogP contribution in [0, 0.1) is 0 Å². The van der Waals surface area contributed by atoms with E-state index in [0.29, 0.717) is 5.13 Å². The molecule has 0 fully saturated rings. The molecule has 1 aromatic carbocycles. The van der Waals surface area contributed by atoms with Gasteiger partial charge in [-0.25, -0.2) is 4.98 Å². The summed E-state index contributed by atoms with van der Waals surface area (Å²) in [5.41, 5.74) is 2.44. The zero-order valence-electron chi connectivity index (χ0n) is 7.41. The van der Waals surface area contributed by atoms with Gasteiger partial charge in [0.25, 0.3) is 0 Å². The van der Waals surface area contributed by atoms with Gasteiger partial charge in [-0.3, -0.25) is 0 Å². The van der Waals surface area contributed by atoms with Gasteiger partial charge in [0.1, 0.15) is 5.52 Å². The van der Waals surface area contributed by atoms with Crippen molar-refractivity contribution in [2.75, 3.05) is 5.32 Å². The van der Waals surface area contributed by atoms with Gasteiger partial charge >= 0.3 is 0 Å². The Bertz CT molecular complexity index is 576. The lowest BCUT2D eigenvalue weighted by molar-refractivity contribution is 0.602. The summed E-state index contributed by atoms with van der Waals surface area (Å²) in [4.78, 5) is 4.02. The van der Waals surface area contributed by atoms with E-state index in [1.165, 1.54) is 17.9 Å². The molecule has 0 bridgehead atoms. The van der Waals surface area contributed by atoms with Gasteiger partial charge < -0.3 is 9.73 Å². The summed E-state index contributed by atoms with van der Waals surface area (Å²) < 4.78 is 8.83. The predicted octanol–water partition coefficient (Wildman–Crippen LogP) is 1.82. The quantitative estimate of drug-likeness (QED) is 0.708. The fraction of sp³-hybridized carbons (Fsp3) is 0. The van der Waals surface area contributed by atoms with E-state index in [4.69, 9.17) is 4.42 Å². The van der Waals surface area contributed by atoms with Crippen LogP contribution in [-0.4, -0.2) is 19.8 Å². The van der Waals surface area contributed by atoms with Crippen LogP contribution in [-0.2, 0) is 0 Å². The Morgan fingerprint density at radius 1 is 1.33 bits per heavy atom. The molecule has 0 aliphatic rings. The molecule has 74 valence electrons. The minimum atomic E-state index is 0.647. The second-order valence-electron chi connectivity index (χ2n) is 2.83. The highest BCUT2D eigenvalue weighted by atomic mass is 32.1. The molecule has 15 heavy (non-hydrogen) atoms. The number of nitrogens with one attached hydrogen (secondary N) is 1. The smallest absolute Gasteiger partial charge is 0.229 e. The molecule has 0 aliphatic heterocycles. The first-order chi connectivity index (χ1) is 7.42. The van der Waals surface area contributed by atoms with Crippen LogP contribution in [0.15, 0.2) is 29.0 Å². The lowest BCUT2D eigenvalue weighted by atomic mass is 10.3. The van der Waals surface area contributed by atoms with Crippen molar-refractivity contribution in [1.29, 1.82) is 0 Å². The largest absolute Gasteiger partial charge is 0.443 e. The van der Waals surface area contributed by atoms with Crippen LogP contribution in [0.25, 0.3) is 11.1 Å². The van der Waals surface area contributed by atoms with E-state index in [-0.39, 0.29) is 0 Å². The molecule has 0 saturated heterocycles. The van der Waals surface area contributed by atoms with Gasteiger partial charge in [0.05, 0.1) is 0 Å². The summed E-state index contributed by atoms with van der Waals surface area (Å²) in [5, 5.41) is 11.0. The molecule has 0 radical (unpaired) electrons. The second-order valence-corrected chi connectivity index (χ2v) is 3.56. The van der Waals surface area contributed by atoms with Crippen molar-refractivity contribution >= 4 is 33.5 Å². The predicted molar refractivity (Wildman–Crippen MR) is 55.0 cm³/mol. The van der Waals surface area contributed by atoms with E-state index in [2.05, 4.69) is 25.1 Å². The number of aromatic nitrogens is 4. The number of anilines is 2. The number of hydrogen-bond acceptors (Lipinski definition) is 7. The standard InChI is InChI=1S/C8H5N5OS/c1-2-6-7(14-4-9-6)3-5(1)10-8-11-12-13-15-8/h1-4H,(H,10,11,13). The van der Waals surface area contributed by atoms with Crippen molar-refractivity contribution in [2.45, 2.75) is 0 Å². The molecule has 0 atom stereocenters. The number of fused-ring (bicyclic) bond motifs is 1. The Balaban J connectivity index is 1.97. The lowest BCUT2D eigenvalue weighted by Gasteiger charge is -1.99. The van der Waals surface area contributed by atoms with E-state index in [9.17, 15) is 0 Å². The molecule has 3 rings (SSSR count). The Kier molecular flexibility index (Phi) is 1.82. The lowest BCUT2D eigenvalue weighted by Crippen LogP contribution is -1.88. The maximum absolute atomic E-state index is 5.18. The van der Waals surface area contributed by atoms with Gasteiger partial charge in [-0.05, 0) is 17.3 Å². The van der Waals surface area contributed by atoms with Gasteiger partial charge in [0.2, 0.25) is 5.13 Å². The Hall–Kier alpha value is -2.02. The molecule has 1 N–H and O–H groups in total. The van der Waals surface area contributed by atoms with Crippen LogP contribution in [0.3, 0.4) is 0 Å². The molecule has 0 amide bonds. The molecule has 2 heterocycles. The molecular weight excluding hydrogens is 214 g/mol. The van der Waals surface area contributed by atoms with Gasteiger partial charge in [0, 0.05) is 23.3 Å². The van der Waals surface area contributed by atoms with Crippen LogP contribution in [0.4, 0.5) is 10.8 Å². The topological polar surface area (TPSA) is 76.7 Å². The highest BCUT2D eigenvalue weighted by molar-refractivity contribution is 7.09. The summed E-state index contributed by atoms with van der Waals surface area (Å²) in [6, 6.07) is 5.62. The third kappa shape index (κ3) is 1.52. The molecule has 2 aromatic heterocycles. The molecule has 3 aromatic rings. The maximum atomic E-state index is 5.18. The van der Waals surface area contributed by atoms with Gasteiger partial charge in [-0.2, -0.15) is 0 Å². The van der Waals surface area contributed by atoms with E-state index in [1.54, 1.807) is 0 Å². The zero-order valence-corrected chi connectivity index (χ0v) is 8.23. The molecule has 0 saturated carbocycles. The third-order valence-corrected chi connectivity index (χ3v) is 2.39. The normalized spacial score (nSPS) is 10.7. The minimum Gasteiger partial charge on any atom is -0.443 e. The number of nitrogens with zero attached hydrogens (tertiary/aromatic N) is 4. The molecule has 0 unspecified atom stereocenters. The van der Waals surface area contributed by atoms with Gasteiger partial charge in [-0.15, -0.1) is 0 Å². The first-order valence-corrected chi connectivity index (χ1v) is 4.94. The molecule has 6 nitrogen and oxygen atoms in total. The van der Waals surface area contributed by atoms with Crippen LogP contribution in [0.5, 0.6) is 0 Å². The average molecular weight is 219 g/mol. The van der Waals surface area contributed by atoms with Crippen molar-refractivity contribution in [1.82, 2.24) is 19.8 Å². The second kappa shape index (κ2) is 3.28. The monoisotopic (exact) mass is 219 g/mol. The zero-order chi connectivity index (χ0) is 10.1. The van der Waals surface area contributed by atoms with E-state index in [0.717, 1.165) is 16.8 Å². The number of hydrogen-bond donors (Lipinski definition) is 1. The first kappa shape index (κ1) is 8.30. The Morgan fingerprint density at radius 3 is 3.20 bits per heavy atom. The minimum absolute atomic E-state index is 0.647. The number of oxazole rings is 1. The molecule has 7 heteroatoms. The van der Waals surface area contributed by atoms with Crippen molar-refractivity contribution in [3.63, 3.8) is 0 Å². The average Bonchev–Trinajstić information content (AvgIpc) is 2.87. The van der Waals surface area contributed by atoms with E-state index >= 15 is 0 Å². The van der Waals surface area contributed by atoms with Crippen molar-refractivity contribution in [3.05, 3.63) is 24.6 Å². The van der Waals surface area contributed by atoms with Crippen LogP contribution >= 0.6 is 11.5 Å². The fourth-order valence-corrected chi connectivity index (χ4v) is 1.63. The SMILES string of the molecule is c1nc2ccc(Nc3nnns3)cc2o1. The van der Waals surface area contributed by atoms with Gasteiger partial charge in [-0.1, -0.05) is 9.59 Å². The summed E-state index contributed by atoms with van der Waals surface area (Å²) in [6.45, 7) is 0. The van der Waals surface area contributed by atoms with Crippen molar-refractivity contribution in [3.8, 4) is 0 Å². The maximum Gasteiger partial charge on any atom is 0.229 e. The summed E-state index contributed by atoms with van der Waals surface area (Å²) in [5.74, 6) is 0. The highest BCUT2D eigenvalue weighted by Gasteiger charge is 2.02. The Labute approximate surface area is 88.1 Å². The van der Waals surface area contributed by atoms with Crippen LogP contribution < -0.4 is 5.32 Å². The van der Waals surface area contributed by atoms with Gasteiger partial charge in [0.15, 0.2) is 12.0 Å². The Morgan fingerprint density at radius 2 is 2.33 bits per heavy atom. The van der Waals surface area contributed by atoms with Crippen molar-refractivity contribution in [2.24, 2.45) is 0 Å². The number of benzene rings is 1. The summed E-state index contributed by atoms with van der Waals surface area (Å²) >= 11 is 1.20. The van der Waals surface area contributed by atoms with Crippen LogP contribution in [0.2, 0.25) is 0 Å².